The van der Waals surface area contributed by atoms with Crippen LogP contribution in [0.15, 0.2) is 40.2 Å². The van der Waals surface area contributed by atoms with Gasteiger partial charge in [0.05, 0.1) is 5.69 Å². The predicted octanol–water partition coefficient (Wildman–Crippen LogP) is 1.95. The van der Waals surface area contributed by atoms with Crippen molar-refractivity contribution in [3.63, 3.8) is 0 Å². The Balaban J connectivity index is 2.61. The monoisotopic (exact) mass is 258 g/mol. The van der Waals surface area contributed by atoms with E-state index in [1.807, 2.05) is 24.6 Å². The van der Waals surface area contributed by atoms with Gasteiger partial charge in [0.1, 0.15) is 0 Å². The van der Waals surface area contributed by atoms with Gasteiger partial charge >= 0.3 is 0 Å². The van der Waals surface area contributed by atoms with Gasteiger partial charge in [0.15, 0.2) is 11.4 Å². The minimum absolute atomic E-state index is 0.177. The Morgan fingerprint density at radius 2 is 2.39 bits per heavy atom. The Labute approximate surface area is 108 Å². The first-order chi connectivity index (χ1) is 8.74. The molecule has 0 aliphatic carbocycles. The number of thioether (sulfide) groups is 1. The van der Waals surface area contributed by atoms with Crippen LogP contribution in [0.3, 0.4) is 0 Å². The van der Waals surface area contributed by atoms with Crippen LogP contribution in [-0.2, 0) is 0 Å². The van der Waals surface area contributed by atoms with Gasteiger partial charge in [-0.1, -0.05) is 23.9 Å². The lowest BCUT2D eigenvalue weighted by Crippen LogP contribution is -2.12. The van der Waals surface area contributed by atoms with E-state index in [0.717, 1.165) is 10.8 Å². The van der Waals surface area contributed by atoms with E-state index in [1.165, 1.54) is 17.8 Å². The fraction of sp³-hybridized carbons (Fsp3) is 0.0833. The second kappa shape index (κ2) is 5.38. The van der Waals surface area contributed by atoms with Crippen LogP contribution in [-0.4, -0.2) is 16.4 Å². The average molecular weight is 258 g/mol. The first-order valence-corrected chi connectivity index (χ1v) is 6.36. The van der Waals surface area contributed by atoms with Crippen molar-refractivity contribution >= 4 is 33.4 Å². The van der Waals surface area contributed by atoms with Gasteiger partial charge in [-0.05, 0) is 12.3 Å². The molecular weight excluding hydrogens is 248 g/mol. The lowest BCUT2D eigenvalue weighted by atomic mass is 10.1. The number of aromatic amines is 1. The number of nitrogens with zero attached hydrogens (tertiary/aromatic N) is 2. The van der Waals surface area contributed by atoms with Gasteiger partial charge in [-0.3, -0.25) is 10.1 Å². The van der Waals surface area contributed by atoms with Crippen molar-refractivity contribution in [3.8, 4) is 6.19 Å². The Morgan fingerprint density at radius 3 is 3.11 bits per heavy atom. The highest BCUT2D eigenvalue weighted by molar-refractivity contribution is 8.13. The Bertz CT molecular complexity index is 699. The number of hydrogen-bond acceptors (Lipinski definition) is 4. The summed E-state index contributed by atoms with van der Waals surface area (Å²) in [4.78, 5) is 18.3. The van der Waals surface area contributed by atoms with Crippen molar-refractivity contribution < 1.29 is 0 Å². The van der Waals surface area contributed by atoms with E-state index >= 15 is 0 Å². The van der Waals surface area contributed by atoms with Gasteiger partial charge in [0.25, 0.3) is 0 Å². The minimum atomic E-state index is -0.177. The van der Waals surface area contributed by atoms with Crippen LogP contribution >= 0.6 is 11.8 Å². The smallest absolute Gasteiger partial charge is 0.248 e. The molecule has 2 N–H and O–H groups in total. The van der Waals surface area contributed by atoms with Crippen LogP contribution in [0.5, 0.6) is 0 Å². The maximum absolute atomic E-state index is 11.3. The van der Waals surface area contributed by atoms with Crippen molar-refractivity contribution in [1.29, 1.82) is 5.26 Å². The Hall–Kier alpha value is -2.26. The zero-order valence-electron chi connectivity index (χ0n) is 9.60. The van der Waals surface area contributed by atoms with E-state index in [1.54, 1.807) is 12.3 Å². The highest BCUT2D eigenvalue weighted by atomic mass is 32.2. The van der Waals surface area contributed by atoms with Gasteiger partial charge < -0.3 is 4.98 Å². The highest BCUT2D eigenvalue weighted by Gasteiger charge is 2.02. The molecule has 1 aromatic carbocycles. The van der Waals surface area contributed by atoms with E-state index in [2.05, 4.69) is 15.3 Å². The summed E-state index contributed by atoms with van der Waals surface area (Å²) in [5, 5.41) is 13.2. The van der Waals surface area contributed by atoms with Crippen LogP contribution in [0.4, 0.5) is 5.69 Å². The van der Waals surface area contributed by atoms with Crippen molar-refractivity contribution in [3.05, 3.63) is 40.8 Å². The third kappa shape index (κ3) is 2.52. The molecule has 5 nitrogen and oxygen atoms in total. The van der Waals surface area contributed by atoms with Crippen LogP contribution < -0.4 is 10.9 Å². The number of nitriles is 1. The lowest BCUT2D eigenvalue weighted by Gasteiger charge is -2.03. The van der Waals surface area contributed by atoms with Gasteiger partial charge in [-0.25, -0.2) is 4.99 Å². The first-order valence-electron chi connectivity index (χ1n) is 5.14. The van der Waals surface area contributed by atoms with E-state index < -0.39 is 0 Å². The lowest BCUT2D eigenvalue weighted by molar-refractivity contribution is 1.26. The zero-order chi connectivity index (χ0) is 13.0. The van der Waals surface area contributed by atoms with Gasteiger partial charge in [-0.2, -0.15) is 5.26 Å². The zero-order valence-corrected chi connectivity index (χ0v) is 10.4. The summed E-state index contributed by atoms with van der Waals surface area (Å²) in [6, 6.07) is 7.04. The summed E-state index contributed by atoms with van der Waals surface area (Å²) in [5.74, 6) is 0. The molecular formula is C12H10N4OS. The Morgan fingerprint density at radius 1 is 1.56 bits per heavy atom. The second-order valence-corrected chi connectivity index (χ2v) is 4.23. The van der Waals surface area contributed by atoms with Crippen molar-refractivity contribution in [2.75, 3.05) is 6.26 Å². The molecule has 2 aromatic rings. The highest BCUT2D eigenvalue weighted by Crippen LogP contribution is 2.24. The SMILES string of the molecule is CSC(=Nc1cccc2c[nH]c(=O)cc12)NC#N. The molecule has 0 saturated carbocycles. The number of nitrogens with one attached hydrogen (secondary N) is 2. The third-order valence-corrected chi connectivity index (χ3v) is 2.92. The summed E-state index contributed by atoms with van der Waals surface area (Å²) >= 11 is 1.33. The van der Waals surface area contributed by atoms with E-state index in [9.17, 15) is 4.79 Å². The summed E-state index contributed by atoms with van der Waals surface area (Å²) in [5.41, 5.74) is 0.481. The normalized spacial score (nSPS) is 11.2. The number of amidine groups is 1. The van der Waals surface area contributed by atoms with Crippen LogP contribution in [0.25, 0.3) is 10.8 Å². The molecule has 0 bridgehead atoms. The molecule has 0 amide bonds. The van der Waals surface area contributed by atoms with E-state index in [-0.39, 0.29) is 5.56 Å². The fourth-order valence-corrected chi connectivity index (χ4v) is 1.89. The summed E-state index contributed by atoms with van der Waals surface area (Å²) < 4.78 is 0. The van der Waals surface area contributed by atoms with Gasteiger partial charge in [0, 0.05) is 23.0 Å². The number of aromatic nitrogens is 1. The molecule has 0 atom stereocenters. The first kappa shape index (κ1) is 12.2. The number of fused-ring (bicyclic) bond motifs is 1. The maximum Gasteiger partial charge on any atom is 0.248 e. The molecule has 0 saturated heterocycles. The van der Waals surface area contributed by atoms with Crippen LogP contribution in [0, 0.1) is 11.5 Å². The minimum Gasteiger partial charge on any atom is -0.328 e. The molecule has 0 fully saturated rings. The largest absolute Gasteiger partial charge is 0.328 e. The molecule has 0 aliphatic heterocycles. The van der Waals surface area contributed by atoms with Crippen molar-refractivity contribution in [2.45, 2.75) is 0 Å². The number of H-pyrrole nitrogens is 1. The summed E-state index contributed by atoms with van der Waals surface area (Å²) in [6.07, 6.45) is 5.30. The topological polar surface area (TPSA) is 81.0 Å². The maximum atomic E-state index is 11.3. The van der Waals surface area contributed by atoms with E-state index in [0.29, 0.717) is 10.9 Å². The molecule has 1 heterocycles. The Kier molecular flexibility index (Phi) is 3.65. The quantitative estimate of drug-likeness (QED) is 0.354. The predicted molar refractivity (Wildman–Crippen MR) is 73.9 cm³/mol. The van der Waals surface area contributed by atoms with Crippen molar-refractivity contribution in [2.24, 2.45) is 4.99 Å². The number of aliphatic imine (C=N–C) groups is 1. The molecule has 0 radical (unpaired) electrons. The second-order valence-electron chi connectivity index (χ2n) is 3.44. The molecule has 0 aliphatic rings. The summed E-state index contributed by atoms with van der Waals surface area (Å²) in [7, 11) is 0. The summed E-state index contributed by atoms with van der Waals surface area (Å²) in [6.45, 7) is 0. The fourth-order valence-electron chi connectivity index (χ4n) is 1.55. The van der Waals surface area contributed by atoms with Gasteiger partial charge in [-0.15, -0.1) is 0 Å². The molecule has 18 heavy (non-hydrogen) atoms. The van der Waals surface area contributed by atoms with Crippen LogP contribution in [0.1, 0.15) is 0 Å². The number of rotatable bonds is 1. The van der Waals surface area contributed by atoms with Gasteiger partial charge in [0.2, 0.25) is 5.56 Å². The third-order valence-electron chi connectivity index (χ3n) is 2.34. The average Bonchev–Trinajstić information content (AvgIpc) is 2.38. The molecule has 0 unspecified atom stereocenters. The standard InChI is InChI=1S/C12H10N4OS/c1-18-12(15-7-13)16-10-4-2-3-8-6-14-11(17)5-9(8)10/h2-6H,1H3,(H,14,17)(H,15,16). The molecule has 90 valence electrons. The van der Waals surface area contributed by atoms with Crippen molar-refractivity contribution in [1.82, 2.24) is 10.3 Å². The van der Waals surface area contributed by atoms with Crippen LogP contribution in [0.2, 0.25) is 0 Å². The molecule has 2 rings (SSSR count). The van der Waals surface area contributed by atoms with E-state index in [4.69, 9.17) is 5.26 Å². The number of pyridine rings is 1. The molecule has 6 heteroatoms. The number of hydrogen-bond donors (Lipinski definition) is 2. The number of benzene rings is 1. The molecule has 0 spiro atoms. The molecule has 1 aromatic heterocycles.